The summed E-state index contributed by atoms with van der Waals surface area (Å²) in [6, 6.07) is 10.3. The SMILES string of the molecule is CNCc1ccc(-c2cc(OC)ccc2Br)s1. The average Bonchev–Trinajstić information content (AvgIpc) is 2.79. The molecular formula is C13H14BrNOS. The van der Waals surface area contributed by atoms with Crippen LogP contribution in [0.5, 0.6) is 5.75 Å². The van der Waals surface area contributed by atoms with Crippen LogP contribution >= 0.6 is 27.3 Å². The minimum absolute atomic E-state index is 0.881. The number of halogens is 1. The number of hydrogen-bond donors (Lipinski definition) is 1. The normalized spacial score (nSPS) is 10.5. The van der Waals surface area contributed by atoms with E-state index >= 15 is 0 Å². The van der Waals surface area contributed by atoms with Gasteiger partial charge in [-0.2, -0.15) is 0 Å². The lowest BCUT2D eigenvalue weighted by atomic mass is 10.2. The van der Waals surface area contributed by atoms with Crippen molar-refractivity contribution in [2.75, 3.05) is 14.2 Å². The monoisotopic (exact) mass is 311 g/mol. The van der Waals surface area contributed by atoms with Gasteiger partial charge in [0.05, 0.1) is 7.11 Å². The quantitative estimate of drug-likeness (QED) is 0.924. The van der Waals surface area contributed by atoms with Gasteiger partial charge in [0.15, 0.2) is 0 Å². The van der Waals surface area contributed by atoms with E-state index in [-0.39, 0.29) is 0 Å². The summed E-state index contributed by atoms with van der Waals surface area (Å²) in [5.74, 6) is 0.881. The third kappa shape index (κ3) is 2.89. The van der Waals surface area contributed by atoms with E-state index in [1.165, 1.54) is 15.3 Å². The first-order valence-electron chi connectivity index (χ1n) is 5.32. The molecule has 1 heterocycles. The Hall–Kier alpha value is -0.840. The molecule has 0 fully saturated rings. The fourth-order valence-corrected chi connectivity index (χ4v) is 3.25. The van der Waals surface area contributed by atoms with Crippen LogP contribution in [0.3, 0.4) is 0 Å². The van der Waals surface area contributed by atoms with E-state index in [9.17, 15) is 0 Å². The van der Waals surface area contributed by atoms with Gasteiger partial charge in [-0.3, -0.25) is 0 Å². The van der Waals surface area contributed by atoms with Crippen LogP contribution in [0, 0.1) is 0 Å². The second-order valence-corrected chi connectivity index (χ2v) is 5.66. The lowest BCUT2D eigenvalue weighted by molar-refractivity contribution is 0.415. The second kappa shape index (κ2) is 5.67. The predicted octanol–water partition coefficient (Wildman–Crippen LogP) is 3.91. The highest BCUT2D eigenvalue weighted by atomic mass is 79.9. The molecule has 2 nitrogen and oxygen atoms in total. The Kier molecular flexibility index (Phi) is 4.20. The number of thiophene rings is 1. The van der Waals surface area contributed by atoms with Crippen molar-refractivity contribution in [2.45, 2.75) is 6.54 Å². The van der Waals surface area contributed by atoms with Gasteiger partial charge in [0.2, 0.25) is 0 Å². The van der Waals surface area contributed by atoms with Crippen molar-refractivity contribution in [3.8, 4) is 16.2 Å². The average molecular weight is 312 g/mol. The molecule has 1 aromatic heterocycles. The standard InChI is InChI=1S/C13H14BrNOS/c1-15-8-10-4-6-13(17-10)11-7-9(16-2)3-5-12(11)14/h3-7,15H,8H2,1-2H3. The topological polar surface area (TPSA) is 21.3 Å². The lowest BCUT2D eigenvalue weighted by Gasteiger charge is -2.05. The van der Waals surface area contributed by atoms with Crippen molar-refractivity contribution in [3.05, 3.63) is 39.7 Å². The fourth-order valence-electron chi connectivity index (χ4n) is 1.61. The van der Waals surface area contributed by atoms with Gasteiger partial charge in [0.1, 0.15) is 5.75 Å². The third-order valence-electron chi connectivity index (χ3n) is 2.45. The molecule has 4 heteroatoms. The molecule has 0 bridgehead atoms. The first-order chi connectivity index (χ1) is 8.24. The van der Waals surface area contributed by atoms with E-state index in [0.717, 1.165) is 16.8 Å². The van der Waals surface area contributed by atoms with E-state index in [4.69, 9.17) is 4.74 Å². The van der Waals surface area contributed by atoms with Crippen LogP contribution in [-0.2, 0) is 6.54 Å². The van der Waals surface area contributed by atoms with E-state index in [0.29, 0.717) is 0 Å². The molecule has 2 rings (SSSR count). The summed E-state index contributed by atoms with van der Waals surface area (Å²) in [5.41, 5.74) is 1.18. The molecule has 0 amide bonds. The molecule has 2 aromatic rings. The predicted molar refractivity (Wildman–Crippen MR) is 76.8 cm³/mol. The minimum atomic E-state index is 0.881. The van der Waals surface area contributed by atoms with E-state index in [1.54, 1.807) is 18.4 Å². The van der Waals surface area contributed by atoms with Crippen molar-refractivity contribution in [1.82, 2.24) is 5.32 Å². The van der Waals surface area contributed by atoms with Crippen molar-refractivity contribution in [1.29, 1.82) is 0 Å². The van der Waals surface area contributed by atoms with Crippen LogP contribution in [0.2, 0.25) is 0 Å². The summed E-state index contributed by atoms with van der Waals surface area (Å²) in [5, 5.41) is 3.16. The maximum Gasteiger partial charge on any atom is 0.119 e. The molecule has 17 heavy (non-hydrogen) atoms. The molecule has 0 radical (unpaired) electrons. The molecule has 0 saturated carbocycles. The zero-order valence-electron chi connectivity index (χ0n) is 9.79. The maximum absolute atomic E-state index is 5.26. The highest BCUT2D eigenvalue weighted by Gasteiger charge is 2.07. The lowest BCUT2D eigenvalue weighted by Crippen LogP contribution is -2.02. The van der Waals surface area contributed by atoms with Crippen molar-refractivity contribution in [3.63, 3.8) is 0 Å². The molecule has 0 atom stereocenters. The van der Waals surface area contributed by atoms with Gasteiger partial charge in [0, 0.05) is 26.3 Å². The Balaban J connectivity index is 2.37. The Morgan fingerprint density at radius 2 is 2.12 bits per heavy atom. The number of methoxy groups -OCH3 is 1. The van der Waals surface area contributed by atoms with Gasteiger partial charge in [-0.15, -0.1) is 11.3 Å². The molecule has 0 aliphatic heterocycles. The zero-order valence-corrected chi connectivity index (χ0v) is 12.2. The highest BCUT2D eigenvalue weighted by molar-refractivity contribution is 9.10. The van der Waals surface area contributed by atoms with Gasteiger partial charge in [-0.25, -0.2) is 0 Å². The molecule has 0 unspecified atom stereocenters. The highest BCUT2D eigenvalue weighted by Crippen LogP contribution is 2.35. The smallest absolute Gasteiger partial charge is 0.119 e. The summed E-state index contributed by atoms with van der Waals surface area (Å²) < 4.78 is 6.35. The number of nitrogens with one attached hydrogen (secondary N) is 1. The van der Waals surface area contributed by atoms with Crippen LogP contribution in [0.15, 0.2) is 34.8 Å². The number of benzene rings is 1. The molecule has 0 aliphatic rings. The van der Waals surface area contributed by atoms with Crippen LogP contribution in [0.1, 0.15) is 4.88 Å². The third-order valence-corrected chi connectivity index (χ3v) is 4.26. The fraction of sp³-hybridized carbons (Fsp3) is 0.231. The first kappa shape index (κ1) is 12.6. The van der Waals surface area contributed by atoms with E-state index < -0.39 is 0 Å². The number of ether oxygens (including phenoxy) is 1. The summed E-state index contributed by atoms with van der Waals surface area (Å²) in [4.78, 5) is 2.58. The first-order valence-corrected chi connectivity index (χ1v) is 6.92. The largest absolute Gasteiger partial charge is 0.497 e. The Morgan fingerprint density at radius 1 is 1.29 bits per heavy atom. The molecule has 1 aromatic carbocycles. The van der Waals surface area contributed by atoms with Gasteiger partial charge in [-0.1, -0.05) is 15.9 Å². The van der Waals surface area contributed by atoms with Crippen molar-refractivity contribution >= 4 is 27.3 Å². The molecule has 1 N–H and O–H groups in total. The van der Waals surface area contributed by atoms with Gasteiger partial charge in [0.25, 0.3) is 0 Å². The zero-order chi connectivity index (χ0) is 12.3. The van der Waals surface area contributed by atoms with Gasteiger partial charge >= 0.3 is 0 Å². The van der Waals surface area contributed by atoms with Gasteiger partial charge in [-0.05, 0) is 37.4 Å². The molecule has 0 aliphatic carbocycles. The summed E-state index contributed by atoms with van der Waals surface area (Å²) in [7, 11) is 3.65. The van der Waals surface area contributed by atoms with Crippen molar-refractivity contribution in [2.24, 2.45) is 0 Å². The van der Waals surface area contributed by atoms with Crippen LogP contribution in [-0.4, -0.2) is 14.2 Å². The summed E-state index contributed by atoms with van der Waals surface area (Å²) in [6.07, 6.45) is 0. The molecular weight excluding hydrogens is 298 g/mol. The Morgan fingerprint density at radius 3 is 2.82 bits per heavy atom. The Labute approximate surface area is 114 Å². The minimum Gasteiger partial charge on any atom is -0.497 e. The number of rotatable bonds is 4. The Bertz CT molecular complexity index is 510. The molecule has 0 saturated heterocycles. The van der Waals surface area contributed by atoms with Crippen molar-refractivity contribution < 1.29 is 4.74 Å². The van der Waals surface area contributed by atoms with E-state index in [2.05, 4.69) is 39.4 Å². The van der Waals surface area contributed by atoms with Crippen LogP contribution in [0.4, 0.5) is 0 Å². The van der Waals surface area contributed by atoms with E-state index in [1.807, 2.05) is 19.2 Å². The summed E-state index contributed by atoms with van der Waals surface area (Å²) in [6.45, 7) is 0.909. The van der Waals surface area contributed by atoms with Gasteiger partial charge < -0.3 is 10.1 Å². The summed E-state index contributed by atoms with van der Waals surface area (Å²) >= 11 is 5.38. The maximum atomic E-state index is 5.26. The van der Waals surface area contributed by atoms with Crippen LogP contribution in [0.25, 0.3) is 10.4 Å². The second-order valence-electron chi connectivity index (χ2n) is 3.64. The molecule has 90 valence electrons. The number of hydrogen-bond acceptors (Lipinski definition) is 3. The molecule has 0 spiro atoms. The van der Waals surface area contributed by atoms with Crippen LogP contribution < -0.4 is 10.1 Å².